The van der Waals surface area contributed by atoms with E-state index in [0.29, 0.717) is 5.88 Å². The highest BCUT2D eigenvalue weighted by atomic mass is 16.5. The van der Waals surface area contributed by atoms with Gasteiger partial charge in [0.1, 0.15) is 5.75 Å². The zero-order valence-electron chi connectivity index (χ0n) is 14.4. The summed E-state index contributed by atoms with van der Waals surface area (Å²) in [5.74, 6) is 1.08. The van der Waals surface area contributed by atoms with Crippen LogP contribution in [-0.2, 0) is 5.41 Å². The van der Waals surface area contributed by atoms with Gasteiger partial charge in [0.15, 0.2) is 0 Å². The molecular formula is C18H26N2O2. The average molecular weight is 302 g/mol. The Kier molecular flexibility index (Phi) is 4.23. The molecule has 0 spiro atoms. The van der Waals surface area contributed by atoms with Gasteiger partial charge in [0.2, 0.25) is 5.88 Å². The Labute approximate surface area is 132 Å². The average Bonchev–Trinajstić information content (AvgIpc) is 2.81. The van der Waals surface area contributed by atoms with Crippen LogP contribution in [0.25, 0.3) is 11.1 Å². The molecular weight excluding hydrogens is 276 g/mol. The van der Waals surface area contributed by atoms with E-state index in [4.69, 9.17) is 15.0 Å². The Morgan fingerprint density at radius 3 is 2.32 bits per heavy atom. The highest BCUT2D eigenvalue weighted by molar-refractivity contribution is 5.77. The van der Waals surface area contributed by atoms with Gasteiger partial charge in [0.25, 0.3) is 0 Å². The van der Waals surface area contributed by atoms with Crippen LogP contribution in [0, 0.1) is 5.41 Å². The quantitative estimate of drug-likeness (QED) is 0.893. The predicted octanol–water partition coefficient (Wildman–Crippen LogP) is 4.65. The summed E-state index contributed by atoms with van der Waals surface area (Å²) in [6.45, 7) is 11.3. The van der Waals surface area contributed by atoms with Crippen molar-refractivity contribution in [3.63, 3.8) is 0 Å². The van der Waals surface area contributed by atoms with Crippen molar-refractivity contribution in [2.24, 2.45) is 5.41 Å². The van der Waals surface area contributed by atoms with Crippen molar-refractivity contribution in [3.05, 3.63) is 30.0 Å². The highest BCUT2D eigenvalue weighted by Crippen LogP contribution is 2.41. The molecule has 4 heteroatoms. The summed E-state index contributed by atoms with van der Waals surface area (Å²) in [5, 5.41) is 3.77. The number of nitrogens with zero attached hydrogens (tertiary/aromatic N) is 1. The van der Waals surface area contributed by atoms with Gasteiger partial charge in [-0.05, 0) is 34.9 Å². The fraction of sp³-hybridized carbons (Fsp3) is 0.500. The number of ether oxygens (including phenoxy) is 1. The Balaban J connectivity index is 2.50. The second kappa shape index (κ2) is 5.67. The van der Waals surface area contributed by atoms with Crippen LogP contribution >= 0.6 is 0 Å². The second-order valence-corrected chi connectivity index (χ2v) is 7.64. The van der Waals surface area contributed by atoms with Gasteiger partial charge in [-0.2, -0.15) is 0 Å². The van der Waals surface area contributed by atoms with Crippen molar-refractivity contribution in [3.8, 4) is 16.9 Å². The fourth-order valence-electron chi connectivity index (χ4n) is 3.22. The maximum atomic E-state index is 5.87. The summed E-state index contributed by atoms with van der Waals surface area (Å²) in [7, 11) is 1.66. The standard InChI is InChI=1S/C18H26N2O2/c1-17(2,3)11-18(4,5)12-7-8-15(21-6)13(9-12)14-10-20-22-16(14)19/h7-10H,11,19H2,1-6H3. The third-order valence-electron chi connectivity index (χ3n) is 3.84. The molecule has 0 bridgehead atoms. The molecule has 0 atom stereocenters. The number of rotatable bonds is 4. The molecule has 0 fully saturated rings. The van der Waals surface area contributed by atoms with Gasteiger partial charge in [-0.15, -0.1) is 0 Å². The molecule has 1 heterocycles. The van der Waals surface area contributed by atoms with Crippen LogP contribution in [-0.4, -0.2) is 12.3 Å². The molecule has 120 valence electrons. The minimum atomic E-state index is 0.0468. The monoisotopic (exact) mass is 302 g/mol. The van der Waals surface area contributed by atoms with E-state index in [9.17, 15) is 0 Å². The van der Waals surface area contributed by atoms with Gasteiger partial charge >= 0.3 is 0 Å². The van der Waals surface area contributed by atoms with E-state index in [0.717, 1.165) is 23.3 Å². The van der Waals surface area contributed by atoms with Crippen LogP contribution in [0.4, 0.5) is 5.88 Å². The summed E-state index contributed by atoms with van der Waals surface area (Å²) in [5.41, 5.74) is 9.10. The molecule has 2 aromatic rings. The van der Waals surface area contributed by atoms with E-state index in [1.807, 2.05) is 6.07 Å². The van der Waals surface area contributed by atoms with E-state index in [-0.39, 0.29) is 10.8 Å². The molecule has 0 amide bonds. The van der Waals surface area contributed by atoms with Crippen molar-refractivity contribution in [1.29, 1.82) is 0 Å². The molecule has 0 saturated heterocycles. The minimum absolute atomic E-state index is 0.0468. The van der Waals surface area contributed by atoms with Gasteiger partial charge in [0, 0.05) is 5.56 Å². The summed E-state index contributed by atoms with van der Waals surface area (Å²) < 4.78 is 10.5. The summed E-state index contributed by atoms with van der Waals surface area (Å²) >= 11 is 0. The lowest BCUT2D eigenvalue weighted by atomic mass is 9.72. The zero-order valence-corrected chi connectivity index (χ0v) is 14.4. The smallest absolute Gasteiger partial charge is 0.230 e. The molecule has 1 aromatic heterocycles. The van der Waals surface area contributed by atoms with Gasteiger partial charge < -0.3 is 15.0 Å². The first-order valence-electron chi connectivity index (χ1n) is 7.53. The second-order valence-electron chi connectivity index (χ2n) is 7.64. The number of hydrogen-bond acceptors (Lipinski definition) is 4. The number of aromatic nitrogens is 1. The lowest BCUT2D eigenvalue weighted by Gasteiger charge is -2.33. The molecule has 22 heavy (non-hydrogen) atoms. The number of anilines is 1. The molecule has 2 N–H and O–H groups in total. The fourth-order valence-corrected chi connectivity index (χ4v) is 3.22. The molecule has 0 radical (unpaired) electrons. The van der Waals surface area contributed by atoms with Crippen LogP contribution < -0.4 is 10.5 Å². The predicted molar refractivity (Wildman–Crippen MR) is 90.0 cm³/mol. The van der Waals surface area contributed by atoms with E-state index in [2.05, 4.69) is 51.9 Å². The Bertz CT molecular complexity index is 651. The van der Waals surface area contributed by atoms with Crippen molar-refractivity contribution in [2.75, 3.05) is 12.8 Å². The lowest BCUT2D eigenvalue weighted by molar-refractivity contribution is 0.284. The number of hydrogen-bond donors (Lipinski definition) is 1. The van der Waals surface area contributed by atoms with Crippen molar-refractivity contribution in [1.82, 2.24) is 5.16 Å². The van der Waals surface area contributed by atoms with Crippen molar-refractivity contribution >= 4 is 5.88 Å². The van der Waals surface area contributed by atoms with Crippen LogP contribution in [0.2, 0.25) is 0 Å². The summed E-state index contributed by atoms with van der Waals surface area (Å²) in [6, 6.07) is 6.24. The van der Waals surface area contributed by atoms with Crippen LogP contribution in [0.15, 0.2) is 28.9 Å². The third-order valence-corrected chi connectivity index (χ3v) is 3.84. The van der Waals surface area contributed by atoms with E-state index < -0.39 is 0 Å². The first-order chi connectivity index (χ1) is 10.1. The highest BCUT2D eigenvalue weighted by Gasteiger charge is 2.28. The number of benzene rings is 1. The van der Waals surface area contributed by atoms with E-state index in [1.165, 1.54) is 5.56 Å². The van der Waals surface area contributed by atoms with Crippen molar-refractivity contribution in [2.45, 2.75) is 46.5 Å². The third kappa shape index (κ3) is 3.43. The molecule has 2 rings (SSSR count). The first kappa shape index (κ1) is 16.4. The van der Waals surface area contributed by atoms with Gasteiger partial charge in [-0.3, -0.25) is 0 Å². The molecule has 0 saturated carbocycles. The number of nitrogens with two attached hydrogens (primary N) is 1. The number of nitrogen functional groups attached to an aromatic ring is 1. The Hall–Kier alpha value is -1.97. The van der Waals surface area contributed by atoms with Crippen LogP contribution in [0.5, 0.6) is 5.75 Å². The number of methoxy groups -OCH3 is 1. The molecule has 0 unspecified atom stereocenters. The largest absolute Gasteiger partial charge is 0.496 e. The topological polar surface area (TPSA) is 61.3 Å². The van der Waals surface area contributed by atoms with Gasteiger partial charge in [-0.25, -0.2) is 0 Å². The normalized spacial score (nSPS) is 12.5. The first-order valence-corrected chi connectivity index (χ1v) is 7.53. The Morgan fingerprint density at radius 2 is 1.82 bits per heavy atom. The van der Waals surface area contributed by atoms with Gasteiger partial charge in [0.05, 0.1) is 18.9 Å². The Morgan fingerprint density at radius 1 is 1.14 bits per heavy atom. The molecule has 0 aliphatic heterocycles. The lowest BCUT2D eigenvalue weighted by Crippen LogP contribution is -2.24. The van der Waals surface area contributed by atoms with Crippen LogP contribution in [0.1, 0.15) is 46.6 Å². The molecule has 4 nitrogen and oxygen atoms in total. The SMILES string of the molecule is COc1ccc(C(C)(C)CC(C)(C)C)cc1-c1cnoc1N. The van der Waals surface area contributed by atoms with E-state index >= 15 is 0 Å². The maximum Gasteiger partial charge on any atom is 0.230 e. The zero-order chi connectivity index (χ0) is 16.5. The molecule has 0 aliphatic rings. The summed E-state index contributed by atoms with van der Waals surface area (Å²) in [6.07, 6.45) is 2.71. The van der Waals surface area contributed by atoms with Crippen LogP contribution in [0.3, 0.4) is 0 Å². The van der Waals surface area contributed by atoms with E-state index in [1.54, 1.807) is 13.3 Å². The van der Waals surface area contributed by atoms with Gasteiger partial charge in [-0.1, -0.05) is 45.8 Å². The minimum Gasteiger partial charge on any atom is -0.496 e. The maximum absolute atomic E-state index is 5.87. The summed E-state index contributed by atoms with van der Waals surface area (Å²) in [4.78, 5) is 0. The molecule has 0 aliphatic carbocycles. The molecule has 1 aromatic carbocycles. The van der Waals surface area contributed by atoms with Crippen molar-refractivity contribution < 1.29 is 9.26 Å².